The van der Waals surface area contributed by atoms with Crippen LogP contribution in [0.5, 0.6) is 11.5 Å². The fourth-order valence-electron chi connectivity index (χ4n) is 1.87. The minimum absolute atomic E-state index is 0.288. The van der Waals surface area contributed by atoms with Crippen LogP contribution in [0.1, 0.15) is 25.8 Å². The molecule has 106 valence electrons. The molecule has 0 heterocycles. The van der Waals surface area contributed by atoms with Crippen LogP contribution in [0.2, 0.25) is 0 Å². The molecule has 1 atom stereocenters. The van der Waals surface area contributed by atoms with Gasteiger partial charge in [0.2, 0.25) is 0 Å². The van der Waals surface area contributed by atoms with Crippen LogP contribution in [0.15, 0.2) is 18.2 Å². The highest BCUT2D eigenvalue weighted by atomic mass is 16.5. The number of rotatable bonds is 6. The van der Waals surface area contributed by atoms with Gasteiger partial charge >= 0.3 is 5.97 Å². The number of esters is 1. The molecule has 0 fully saturated rings. The quantitative estimate of drug-likeness (QED) is 0.796. The maximum Gasteiger partial charge on any atom is 0.330 e. The van der Waals surface area contributed by atoms with E-state index in [1.165, 1.54) is 7.11 Å². The predicted octanol–water partition coefficient (Wildman–Crippen LogP) is 1.83. The highest BCUT2D eigenvalue weighted by molar-refractivity contribution is 5.83. The fraction of sp³-hybridized carbons (Fsp3) is 0.500. The monoisotopic (exact) mass is 267 g/mol. The molecule has 0 aliphatic heterocycles. The second-order valence-electron chi connectivity index (χ2n) is 4.11. The lowest BCUT2D eigenvalue weighted by Gasteiger charge is -2.27. The Labute approximate surface area is 113 Å². The van der Waals surface area contributed by atoms with E-state index in [4.69, 9.17) is 19.9 Å². The molecule has 0 radical (unpaired) electrons. The zero-order valence-corrected chi connectivity index (χ0v) is 11.9. The average Bonchev–Trinajstić information content (AvgIpc) is 2.45. The second kappa shape index (κ2) is 6.43. The summed E-state index contributed by atoms with van der Waals surface area (Å²) in [6.45, 7) is 3.87. The number of carbonyl (C=O) groups is 1. The summed E-state index contributed by atoms with van der Waals surface area (Å²) in [5.41, 5.74) is 5.60. The number of benzene rings is 1. The van der Waals surface area contributed by atoms with Gasteiger partial charge in [0.1, 0.15) is 17.0 Å². The zero-order valence-electron chi connectivity index (χ0n) is 11.9. The molecule has 0 saturated heterocycles. The molecule has 1 aromatic carbocycles. The van der Waals surface area contributed by atoms with Crippen molar-refractivity contribution in [3.63, 3.8) is 0 Å². The Kier molecular flexibility index (Phi) is 5.18. The Morgan fingerprint density at radius 3 is 2.42 bits per heavy atom. The topological polar surface area (TPSA) is 70.8 Å². The summed E-state index contributed by atoms with van der Waals surface area (Å²) in [5, 5.41) is 0. The van der Waals surface area contributed by atoms with Crippen molar-refractivity contribution in [2.45, 2.75) is 25.8 Å². The summed E-state index contributed by atoms with van der Waals surface area (Å²) in [4.78, 5) is 12.1. The van der Waals surface area contributed by atoms with Crippen LogP contribution in [0.4, 0.5) is 0 Å². The van der Waals surface area contributed by atoms with Crippen molar-refractivity contribution in [3.05, 3.63) is 23.8 Å². The highest BCUT2D eigenvalue weighted by Gasteiger charge is 2.38. The summed E-state index contributed by atoms with van der Waals surface area (Å²) < 4.78 is 15.5. The number of ether oxygens (including phenoxy) is 3. The standard InChI is InChI=1S/C14H21NO4/c1-5-14(15,13(16)19-6-2)11-8-7-10(17-3)9-12(11)18-4/h7-9H,5-6,15H2,1-4H3. The average molecular weight is 267 g/mol. The fourth-order valence-corrected chi connectivity index (χ4v) is 1.87. The normalized spacial score (nSPS) is 13.5. The lowest BCUT2D eigenvalue weighted by Crippen LogP contribution is -2.45. The van der Waals surface area contributed by atoms with Gasteiger partial charge in [0, 0.05) is 11.6 Å². The van der Waals surface area contributed by atoms with Gasteiger partial charge in [0.05, 0.1) is 20.8 Å². The Hall–Kier alpha value is -1.75. The van der Waals surface area contributed by atoms with Gasteiger partial charge in [-0.1, -0.05) is 6.92 Å². The van der Waals surface area contributed by atoms with Crippen molar-refractivity contribution in [2.75, 3.05) is 20.8 Å². The number of nitrogens with two attached hydrogens (primary N) is 1. The smallest absolute Gasteiger partial charge is 0.330 e. The second-order valence-corrected chi connectivity index (χ2v) is 4.11. The molecule has 5 nitrogen and oxygen atoms in total. The minimum atomic E-state index is -1.21. The van der Waals surface area contributed by atoms with E-state index < -0.39 is 11.5 Å². The zero-order chi connectivity index (χ0) is 14.5. The number of hydrogen-bond acceptors (Lipinski definition) is 5. The first-order chi connectivity index (χ1) is 9.03. The SMILES string of the molecule is CCOC(=O)C(N)(CC)c1ccc(OC)cc1OC. The molecule has 0 spiro atoms. The summed E-state index contributed by atoms with van der Waals surface area (Å²) in [5.74, 6) is 0.695. The molecule has 5 heteroatoms. The van der Waals surface area contributed by atoms with Crippen molar-refractivity contribution in [1.82, 2.24) is 0 Å². The van der Waals surface area contributed by atoms with E-state index in [0.29, 0.717) is 23.5 Å². The maximum atomic E-state index is 12.1. The van der Waals surface area contributed by atoms with Gasteiger partial charge in [-0.2, -0.15) is 0 Å². The molecule has 1 unspecified atom stereocenters. The molecule has 0 aromatic heterocycles. The Balaban J connectivity index is 3.27. The van der Waals surface area contributed by atoms with Gasteiger partial charge in [-0.05, 0) is 25.5 Å². The Morgan fingerprint density at radius 1 is 1.26 bits per heavy atom. The first kappa shape index (κ1) is 15.3. The summed E-state index contributed by atoms with van der Waals surface area (Å²) >= 11 is 0. The number of carbonyl (C=O) groups excluding carboxylic acids is 1. The third kappa shape index (κ3) is 2.98. The van der Waals surface area contributed by atoms with Crippen molar-refractivity contribution < 1.29 is 19.0 Å². The van der Waals surface area contributed by atoms with Crippen LogP contribution in [-0.4, -0.2) is 26.8 Å². The van der Waals surface area contributed by atoms with E-state index in [1.807, 2.05) is 6.92 Å². The van der Waals surface area contributed by atoms with Gasteiger partial charge in [0.25, 0.3) is 0 Å². The van der Waals surface area contributed by atoms with Crippen LogP contribution in [-0.2, 0) is 15.1 Å². The molecule has 19 heavy (non-hydrogen) atoms. The van der Waals surface area contributed by atoms with E-state index in [0.717, 1.165) is 0 Å². The Bertz CT molecular complexity index is 447. The summed E-state index contributed by atoms with van der Waals surface area (Å²) in [6.07, 6.45) is 0.411. The molecule has 2 N–H and O–H groups in total. The van der Waals surface area contributed by atoms with Gasteiger partial charge in [0.15, 0.2) is 0 Å². The van der Waals surface area contributed by atoms with Gasteiger partial charge in [-0.15, -0.1) is 0 Å². The van der Waals surface area contributed by atoms with E-state index in [-0.39, 0.29) is 6.61 Å². The molecule has 0 saturated carbocycles. The maximum absolute atomic E-state index is 12.1. The van der Waals surface area contributed by atoms with Crippen molar-refractivity contribution in [2.24, 2.45) is 5.73 Å². The van der Waals surface area contributed by atoms with E-state index in [1.54, 1.807) is 32.2 Å². The summed E-state index contributed by atoms with van der Waals surface area (Å²) in [6, 6.07) is 5.18. The van der Waals surface area contributed by atoms with E-state index in [2.05, 4.69) is 0 Å². The molecule has 0 aliphatic rings. The lowest BCUT2D eigenvalue weighted by molar-refractivity contribution is -0.150. The van der Waals surface area contributed by atoms with Crippen LogP contribution in [0.25, 0.3) is 0 Å². The van der Waals surface area contributed by atoms with Crippen LogP contribution < -0.4 is 15.2 Å². The van der Waals surface area contributed by atoms with Gasteiger partial charge in [-0.3, -0.25) is 0 Å². The van der Waals surface area contributed by atoms with E-state index >= 15 is 0 Å². The van der Waals surface area contributed by atoms with Crippen LogP contribution in [0.3, 0.4) is 0 Å². The van der Waals surface area contributed by atoms with Gasteiger partial charge < -0.3 is 19.9 Å². The van der Waals surface area contributed by atoms with Crippen LogP contribution in [0, 0.1) is 0 Å². The minimum Gasteiger partial charge on any atom is -0.497 e. The lowest BCUT2D eigenvalue weighted by atomic mass is 9.87. The largest absolute Gasteiger partial charge is 0.497 e. The third-order valence-electron chi connectivity index (χ3n) is 3.09. The molecule has 0 aliphatic carbocycles. The first-order valence-electron chi connectivity index (χ1n) is 6.22. The predicted molar refractivity (Wildman–Crippen MR) is 72.3 cm³/mol. The molecule has 1 aromatic rings. The van der Waals surface area contributed by atoms with Crippen molar-refractivity contribution in [3.8, 4) is 11.5 Å². The molecule has 0 amide bonds. The number of methoxy groups -OCH3 is 2. The third-order valence-corrected chi connectivity index (χ3v) is 3.09. The molecular formula is C14H21NO4. The highest BCUT2D eigenvalue weighted by Crippen LogP contribution is 2.34. The molecule has 0 bridgehead atoms. The van der Waals surface area contributed by atoms with Crippen molar-refractivity contribution in [1.29, 1.82) is 0 Å². The molecule has 1 rings (SSSR count). The van der Waals surface area contributed by atoms with Crippen LogP contribution >= 0.6 is 0 Å². The van der Waals surface area contributed by atoms with Crippen molar-refractivity contribution >= 4 is 5.97 Å². The Morgan fingerprint density at radius 2 is 1.95 bits per heavy atom. The van der Waals surface area contributed by atoms with E-state index in [9.17, 15) is 4.79 Å². The number of hydrogen-bond donors (Lipinski definition) is 1. The summed E-state index contributed by atoms with van der Waals surface area (Å²) in [7, 11) is 3.09. The molecular weight excluding hydrogens is 246 g/mol. The van der Waals surface area contributed by atoms with Gasteiger partial charge in [-0.25, -0.2) is 4.79 Å². The first-order valence-corrected chi connectivity index (χ1v) is 6.22.